The van der Waals surface area contributed by atoms with E-state index in [1.165, 1.54) is 51.4 Å². The highest BCUT2D eigenvalue weighted by Gasteiger charge is 2.41. The topological polar surface area (TPSA) is 29.5 Å². The standard InChI is InChI=1S/C17H32BNO2/c1-13(2)19-15(12-21-16(19)20)14-9-7-5-4-6-8-10-17(3,18)11-14/h13-15H,4-12,18H2,1-3H3. The van der Waals surface area contributed by atoms with Crippen LogP contribution >= 0.6 is 0 Å². The smallest absolute Gasteiger partial charge is 0.410 e. The van der Waals surface area contributed by atoms with Crippen molar-refractivity contribution in [3.8, 4) is 0 Å². The number of amides is 1. The van der Waals surface area contributed by atoms with Crippen molar-refractivity contribution in [2.75, 3.05) is 6.61 Å². The third-order valence-electron chi connectivity index (χ3n) is 5.29. The molecular formula is C17H32BNO2. The lowest BCUT2D eigenvalue weighted by molar-refractivity contribution is 0.138. The van der Waals surface area contributed by atoms with E-state index in [0.29, 0.717) is 17.8 Å². The molecule has 2 rings (SSSR count). The predicted octanol–water partition coefficient (Wildman–Crippen LogP) is 3.78. The molecule has 4 heteroatoms. The normalized spacial score (nSPS) is 35.8. The molecule has 0 aromatic rings. The third-order valence-corrected chi connectivity index (χ3v) is 5.29. The van der Waals surface area contributed by atoms with E-state index in [4.69, 9.17) is 4.74 Å². The van der Waals surface area contributed by atoms with Crippen LogP contribution in [0.4, 0.5) is 4.79 Å². The Morgan fingerprint density at radius 2 is 1.90 bits per heavy atom. The Balaban J connectivity index is 2.11. The first-order valence-corrected chi connectivity index (χ1v) is 8.86. The molecule has 2 aliphatic rings. The summed E-state index contributed by atoms with van der Waals surface area (Å²) in [7, 11) is 2.40. The molecule has 1 aliphatic heterocycles. The summed E-state index contributed by atoms with van der Waals surface area (Å²) in [5, 5.41) is 0.385. The molecule has 0 spiro atoms. The first-order valence-electron chi connectivity index (χ1n) is 8.86. The van der Waals surface area contributed by atoms with Crippen LogP contribution in [0.25, 0.3) is 0 Å². The highest BCUT2D eigenvalue weighted by Crippen LogP contribution is 2.41. The summed E-state index contributed by atoms with van der Waals surface area (Å²) in [6, 6.07) is 0.528. The summed E-state index contributed by atoms with van der Waals surface area (Å²) < 4.78 is 5.38. The molecule has 1 amide bonds. The van der Waals surface area contributed by atoms with Crippen LogP contribution in [0.5, 0.6) is 0 Å². The number of cyclic esters (lactones) is 1. The summed E-state index contributed by atoms with van der Waals surface area (Å²) in [4.78, 5) is 14.0. The summed E-state index contributed by atoms with van der Waals surface area (Å²) in [5.41, 5.74) is 0. The minimum atomic E-state index is -0.107. The van der Waals surface area contributed by atoms with E-state index < -0.39 is 0 Å². The van der Waals surface area contributed by atoms with E-state index >= 15 is 0 Å². The number of nitrogens with zero attached hydrogens (tertiary/aromatic N) is 1. The molecule has 1 saturated heterocycles. The van der Waals surface area contributed by atoms with Gasteiger partial charge in [-0.25, -0.2) is 4.79 Å². The Morgan fingerprint density at radius 3 is 2.62 bits per heavy atom. The molecule has 2 fully saturated rings. The molecule has 0 bridgehead atoms. The maximum absolute atomic E-state index is 12.0. The molecule has 3 atom stereocenters. The van der Waals surface area contributed by atoms with Gasteiger partial charge in [0.25, 0.3) is 0 Å². The van der Waals surface area contributed by atoms with Crippen LogP contribution in [0.2, 0.25) is 5.31 Å². The van der Waals surface area contributed by atoms with Crippen molar-refractivity contribution < 1.29 is 9.53 Å². The Labute approximate surface area is 131 Å². The van der Waals surface area contributed by atoms with Crippen molar-refractivity contribution in [2.45, 2.75) is 89.5 Å². The number of hydrogen-bond acceptors (Lipinski definition) is 2. The summed E-state index contributed by atoms with van der Waals surface area (Å²) >= 11 is 0. The van der Waals surface area contributed by atoms with Crippen molar-refractivity contribution in [2.24, 2.45) is 5.92 Å². The van der Waals surface area contributed by atoms with Gasteiger partial charge in [0, 0.05) is 6.04 Å². The third kappa shape index (κ3) is 4.40. The molecule has 1 saturated carbocycles. The molecular weight excluding hydrogens is 261 g/mol. The number of rotatable bonds is 2. The van der Waals surface area contributed by atoms with Gasteiger partial charge in [0.2, 0.25) is 0 Å². The fraction of sp³-hybridized carbons (Fsp3) is 0.941. The van der Waals surface area contributed by atoms with Crippen molar-refractivity contribution in [1.82, 2.24) is 4.90 Å². The molecule has 1 heterocycles. The van der Waals surface area contributed by atoms with Crippen LogP contribution in [-0.2, 0) is 4.74 Å². The molecule has 0 radical (unpaired) electrons. The van der Waals surface area contributed by atoms with Crippen LogP contribution in [-0.4, -0.2) is 37.5 Å². The van der Waals surface area contributed by atoms with E-state index in [-0.39, 0.29) is 18.2 Å². The van der Waals surface area contributed by atoms with Gasteiger partial charge in [-0.1, -0.05) is 57.2 Å². The van der Waals surface area contributed by atoms with Crippen LogP contribution in [0.3, 0.4) is 0 Å². The van der Waals surface area contributed by atoms with Crippen LogP contribution in [0.1, 0.15) is 72.1 Å². The first-order chi connectivity index (χ1) is 9.91. The quantitative estimate of drug-likeness (QED) is 0.725. The monoisotopic (exact) mass is 293 g/mol. The van der Waals surface area contributed by atoms with Crippen LogP contribution in [0, 0.1) is 5.92 Å². The Morgan fingerprint density at radius 1 is 1.24 bits per heavy atom. The number of carbonyl (C=O) groups excluding carboxylic acids is 1. The maximum Gasteiger partial charge on any atom is 0.410 e. The SMILES string of the molecule is BC1(C)CCCCCCCC(C2COC(=O)N2C(C)C)C1. The van der Waals surface area contributed by atoms with Gasteiger partial charge in [0.1, 0.15) is 14.5 Å². The van der Waals surface area contributed by atoms with Crippen molar-refractivity contribution in [3.05, 3.63) is 0 Å². The second kappa shape index (κ2) is 7.06. The zero-order chi connectivity index (χ0) is 15.5. The predicted molar refractivity (Wildman–Crippen MR) is 89.4 cm³/mol. The summed E-state index contributed by atoms with van der Waals surface area (Å²) in [5.74, 6) is 0.590. The largest absolute Gasteiger partial charge is 0.447 e. The van der Waals surface area contributed by atoms with E-state index in [2.05, 4.69) is 28.6 Å². The molecule has 0 N–H and O–H groups in total. The Bertz CT molecular complexity index is 357. The van der Waals surface area contributed by atoms with Gasteiger partial charge in [-0.15, -0.1) is 0 Å². The minimum absolute atomic E-state index is 0.107. The molecule has 0 aromatic heterocycles. The van der Waals surface area contributed by atoms with Crippen LogP contribution in [0.15, 0.2) is 0 Å². The zero-order valence-corrected chi connectivity index (χ0v) is 14.4. The van der Waals surface area contributed by atoms with Crippen molar-refractivity contribution in [3.63, 3.8) is 0 Å². The average Bonchev–Trinajstić information content (AvgIpc) is 2.78. The molecule has 1 aliphatic carbocycles. The van der Waals surface area contributed by atoms with E-state index in [9.17, 15) is 4.79 Å². The zero-order valence-electron chi connectivity index (χ0n) is 14.4. The lowest BCUT2D eigenvalue weighted by Crippen LogP contribution is -2.44. The average molecular weight is 293 g/mol. The molecule has 120 valence electrons. The van der Waals surface area contributed by atoms with E-state index in [1.807, 2.05) is 4.90 Å². The van der Waals surface area contributed by atoms with Crippen molar-refractivity contribution >= 4 is 13.9 Å². The van der Waals surface area contributed by atoms with Gasteiger partial charge in [0.15, 0.2) is 0 Å². The number of carbonyl (C=O) groups is 1. The Kier molecular flexibility index (Phi) is 5.62. The summed E-state index contributed by atoms with van der Waals surface area (Å²) in [6.07, 6.45) is 10.4. The number of hydrogen-bond donors (Lipinski definition) is 0. The first kappa shape index (κ1) is 16.7. The Hall–Kier alpha value is -0.665. The number of ether oxygens (including phenoxy) is 1. The maximum atomic E-state index is 12.0. The lowest BCUT2D eigenvalue weighted by atomic mass is 9.61. The molecule has 21 heavy (non-hydrogen) atoms. The fourth-order valence-electron chi connectivity index (χ4n) is 4.19. The molecule has 0 aromatic carbocycles. The highest BCUT2D eigenvalue weighted by atomic mass is 16.6. The second-order valence-electron chi connectivity index (χ2n) is 8.08. The fourth-order valence-corrected chi connectivity index (χ4v) is 4.19. The van der Waals surface area contributed by atoms with Gasteiger partial charge in [0.05, 0.1) is 6.04 Å². The molecule has 3 nitrogen and oxygen atoms in total. The van der Waals surface area contributed by atoms with Crippen LogP contribution < -0.4 is 0 Å². The highest BCUT2D eigenvalue weighted by molar-refractivity contribution is 6.14. The van der Waals surface area contributed by atoms with Gasteiger partial charge >= 0.3 is 6.09 Å². The van der Waals surface area contributed by atoms with Gasteiger partial charge in [-0.05, 0) is 26.2 Å². The summed E-state index contributed by atoms with van der Waals surface area (Å²) in [6.45, 7) is 7.20. The second-order valence-corrected chi connectivity index (χ2v) is 8.08. The lowest BCUT2D eigenvalue weighted by Gasteiger charge is -2.37. The minimum Gasteiger partial charge on any atom is -0.447 e. The van der Waals surface area contributed by atoms with E-state index in [1.54, 1.807) is 0 Å². The van der Waals surface area contributed by atoms with Crippen molar-refractivity contribution in [1.29, 1.82) is 0 Å². The molecule has 3 unspecified atom stereocenters. The van der Waals surface area contributed by atoms with Gasteiger partial charge < -0.3 is 4.74 Å². The van der Waals surface area contributed by atoms with Gasteiger partial charge in [-0.3, -0.25) is 4.90 Å². The van der Waals surface area contributed by atoms with Gasteiger partial charge in [-0.2, -0.15) is 0 Å². The van der Waals surface area contributed by atoms with E-state index in [0.717, 1.165) is 0 Å².